The first kappa shape index (κ1) is 21.7. The number of para-hydroxylation sites is 1. The molecule has 1 heterocycles. The molecule has 0 amide bonds. The van der Waals surface area contributed by atoms with Crippen LogP contribution in [-0.4, -0.2) is 47.1 Å². The van der Waals surface area contributed by atoms with Crippen molar-refractivity contribution in [2.24, 2.45) is 0 Å². The Morgan fingerprint density at radius 2 is 1.73 bits per heavy atom. The second kappa shape index (κ2) is 10.2. The Morgan fingerprint density at radius 1 is 1.03 bits per heavy atom. The third kappa shape index (κ3) is 5.33. The van der Waals surface area contributed by atoms with Gasteiger partial charge in [-0.1, -0.05) is 39.8 Å². The van der Waals surface area contributed by atoms with Gasteiger partial charge in [-0.25, -0.2) is 14.8 Å². The highest BCUT2D eigenvalue weighted by Crippen LogP contribution is 2.26. The summed E-state index contributed by atoms with van der Waals surface area (Å²) in [7, 11) is 0. The molecule has 2 aromatic carbocycles. The topological polar surface area (TPSA) is 67.3 Å². The number of hydrogen-bond acceptors (Lipinski definition) is 6. The molecule has 0 bridgehead atoms. The first-order valence-corrected chi connectivity index (χ1v) is 10.5. The van der Waals surface area contributed by atoms with Crippen LogP contribution in [0.25, 0.3) is 10.9 Å². The average molecular weight is 407 g/mol. The van der Waals surface area contributed by atoms with Crippen molar-refractivity contribution < 1.29 is 9.53 Å². The van der Waals surface area contributed by atoms with E-state index in [1.54, 1.807) is 12.1 Å². The summed E-state index contributed by atoms with van der Waals surface area (Å²) in [5, 5.41) is 4.33. The van der Waals surface area contributed by atoms with Crippen LogP contribution >= 0.6 is 0 Å². The number of esters is 1. The molecule has 0 saturated carbocycles. The number of carbonyl (C=O) groups is 1. The molecule has 0 fully saturated rings. The van der Waals surface area contributed by atoms with Gasteiger partial charge in [-0.05, 0) is 49.5 Å². The summed E-state index contributed by atoms with van der Waals surface area (Å²) in [6.45, 7) is 11.4. The van der Waals surface area contributed by atoms with Crippen LogP contribution in [0.1, 0.15) is 49.8 Å². The Balaban J connectivity index is 1.71. The molecule has 1 N–H and O–H groups in total. The zero-order valence-electron chi connectivity index (χ0n) is 18.2. The summed E-state index contributed by atoms with van der Waals surface area (Å²) in [6, 6.07) is 15.2. The lowest BCUT2D eigenvalue weighted by atomic mass is 10.1. The number of benzene rings is 2. The van der Waals surface area contributed by atoms with E-state index < -0.39 is 0 Å². The predicted molar refractivity (Wildman–Crippen MR) is 121 cm³/mol. The highest BCUT2D eigenvalue weighted by atomic mass is 16.5. The van der Waals surface area contributed by atoms with E-state index in [9.17, 15) is 4.79 Å². The molecule has 6 heteroatoms. The van der Waals surface area contributed by atoms with E-state index in [0.717, 1.165) is 47.9 Å². The molecule has 0 aliphatic carbocycles. The monoisotopic (exact) mass is 406 g/mol. The predicted octanol–water partition coefficient (Wildman–Crippen LogP) is 5.00. The number of fused-ring (bicyclic) bond motifs is 1. The molecule has 158 valence electrons. The SMILES string of the molecule is CCN(CC)CCOC(=O)c1ccc(Nc2nc(C(C)C)nc3ccccc23)cc1. The van der Waals surface area contributed by atoms with Crippen LogP contribution < -0.4 is 5.32 Å². The fourth-order valence-electron chi connectivity index (χ4n) is 3.17. The summed E-state index contributed by atoms with van der Waals surface area (Å²) < 4.78 is 5.40. The minimum atomic E-state index is -0.303. The molecule has 1 aromatic heterocycles. The molecule has 3 aromatic rings. The van der Waals surface area contributed by atoms with Gasteiger partial charge in [0.05, 0.1) is 11.1 Å². The van der Waals surface area contributed by atoms with Gasteiger partial charge >= 0.3 is 5.97 Å². The molecule has 0 atom stereocenters. The van der Waals surface area contributed by atoms with Crippen molar-refractivity contribution >= 4 is 28.4 Å². The van der Waals surface area contributed by atoms with E-state index in [-0.39, 0.29) is 11.9 Å². The third-order valence-electron chi connectivity index (χ3n) is 5.06. The molecule has 0 spiro atoms. The first-order valence-electron chi connectivity index (χ1n) is 10.5. The number of nitrogens with one attached hydrogen (secondary N) is 1. The number of anilines is 2. The van der Waals surface area contributed by atoms with E-state index in [2.05, 4.69) is 42.9 Å². The summed E-state index contributed by atoms with van der Waals surface area (Å²) in [4.78, 5) is 23.9. The van der Waals surface area contributed by atoms with Crippen molar-refractivity contribution in [3.8, 4) is 0 Å². The van der Waals surface area contributed by atoms with Gasteiger partial charge in [0.1, 0.15) is 18.2 Å². The number of hydrogen-bond donors (Lipinski definition) is 1. The van der Waals surface area contributed by atoms with Crippen LogP contribution in [0.2, 0.25) is 0 Å². The lowest BCUT2D eigenvalue weighted by Crippen LogP contribution is -2.27. The molecule has 0 radical (unpaired) electrons. The number of carbonyl (C=O) groups excluding carboxylic acids is 1. The smallest absolute Gasteiger partial charge is 0.338 e. The average Bonchev–Trinajstić information content (AvgIpc) is 2.77. The summed E-state index contributed by atoms with van der Waals surface area (Å²) in [5.41, 5.74) is 2.30. The lowest BCUT2D eigenvalue weighted by molar-refractivity contribution is 0.0466. The van der Waals surface area contributed by atoms with Gasteiger partial charge in [-0.2, -0.15) is 0 Å². The van der Waals surface area contributed by atoms with E-state index >= 15 is 0 Å². The minimum absolute atomic E-state index is 0.226. The zero-order chi connectivity index (χ0) is 21.5. The second-order valence-electron chi connectivity index (χ2n) is 7.47. The van der Waals surface area contributed by atoms with Crippen LogP contribution in [0.5, 0.6) is 0 Å². The minimum Gasteiger partial charge on any atom is -0.461 e. The quantitative estimate of drug-likeness (QED) is 0.505. The van der Waals surface area contributed by atoms with Crippen molar-refractivity contribution in [2.75, 3.05) is 31.6 Å². The Bertz CT molecular complexity index is 982. The van der Waals surface area contributed by atoms with Crippen LogP contribution in [0.3, 0.4) is 0 Å². The fraction of sp³-hybridized carbons (Fsp3) is 0.375. The third-order valence-corrected chi connectivity index (χ3v) is 5.06. The lowest BCUT2D eigenvalue weighted by Gasteiger charge is -2.17. The number of ether oxygens (including phenoxy) is 1. The maximum Gasteiger partial charge on any atom is 0.338 e. The summed E-state index contributed by atoms with van der Waals surface area (Å²) >= 11 is 0. The van der Waals surface area contributed by atoms with Crippen molar-refractivity contribution in [1.82, 2.24) is 14.9 Å². The maximum atomic E-state index is 12.3. The largest absolute Gasteiger partial charge is 0.461 e. The normalized spacial score (nSPS) is 11.3. The van der Waals surface area contributed by atoms with E-state index in [1.807, 2.05) is 36.4 Å². The summed E-state index contributed by atoms with van der Waals surface area (Å²) in [5.74, 6) is 1.48. The molecule has 3 rings (SSSR count). The van der Waals surface area contributed by atoms with Crippen LogP contribution in [0.4, 0.5) is 11.5 Å². The molecule has 0 saturated heterocycles. The fourth-order valence-corrected chi connectivity index (χ4v) is 3.17. The highest BCUT2D eigenvalue weighted by Gasteiger charge is 2.12. The van der Waals surface area contributed by atoms with Gasteiger partial charge < -0.3 is 15.0 Å². The van der Waals surface area contributed by atoms with Gasteiger partial charge in [-0.15, -0.1) is 0 Å². The molecule has 6 nitrogen and oxygen atoms in total. The number of rotatable bonds is 9. The van der Waals surface area contributed by atoms with Gasteiger partial charge in [-0.3, -0.25) is 0 Å². The van der Waals surface area contributed by atoms with Crippen molar-refractivity contribution in [1.29, 1.82) is 0 Å². The molecule has 30 heavy (non-hydrogen) atoms. The Morgan fingerprint density at radius 3 is 2.40 bits per heavy atom. The van der Waals surface area contributed by atoms with Crippen molar-refractivity contribution in [3.05, 3.63) is 59.9 Å². The Hall–Kier alpha value is -2.99. The van der Waals surface area contributed by atoms with E-state index in [0.29, 0.717) is 12.2 Å². The van der Waals surface area contributed by atoms with Gasteiger partial charge in [0.2, 0.25) is 0 Å². The molecule has 0 aliphatic rings. The Kier molecular flexibility index (Phi) is 7.36. The van der Waals surface area contributed by atoms with Gasteiger partial charge in [0.25, 0.3) is 0 Å². The zero-order valence-corrected chi connectivity index (χ0v) is 18.2. The number of likely N-dealkylation sites (N-methyl/N-ethyl adjacent to an activating group) is 1. The van der Waals surface area contributed by atoms with E-state index in [4.69, 9.17) is 9.72 Å². The molecular formula is C24H30N4O2. The van der Waals surface area contributed by atoms with Crippen molar-refractivity contribution in [2.45, 2.75) is 33.6 Å². The first-order chi connectivity index (χ1) is 14.5. The number of aromatic nitrogens is 2. The van der Waals surface area contributed by atoms with Gasteiger partial charge in [0, 0.05) is 23.5 Å². The number of nitrogens with zero attached hydrogens (tertiary/aromatic N) is 3. The van der Waals surface area contributed by atoms with Crippen molar-refractivity contribution in [3.63, 3.8) is 0 Å². The molecule has 0 aliphatic heterocycles. The molecule has 0 unspecified atom stereocenters. The molecular weight excluding hydrogens is 376 g/mol. The highest BCUT2D eigenvalue weighted by molar-refractivity contribution is 5.92. The Labute approximate surface area is 178 Å². The van der Waals surface area contributed by atoms with Crippen LogP contribution in [-0.2, 0) is 4.74 Å². The second-order valence-corrected chi connectivity index (χ2v) is 7.47. The van der Waals surface area contributed by atoms with Gasteiger partial charge in [0.15, 0.2) is 0 Å². The summed E-state index contributed by atoms with van der Waals surface area (Å²) in [6.07, 6.45) is 0. The van der Waals surface area contributed by atoms with Crippen LogP contribution in [0.15, 0.2) is 48.5 Å². The maximum absolute atomic E-state index is 12.3. The van der Waals surface area contributed by atoms with E-state index in [1.165, 1.54) is 0 Å². The standard InChI is InChI=1S/C24H30N4O2/c1-5-28(6-2)15-16-30-24(29)18-11-13-19(14-12-18)25-23-20-9-7-8-10-21(20)26-22(27-23)17(3)4/h7-14,17H,5-6,15-16H2,1-4H3,(H,25,26,27). The van der Waals surface area contributed by atoms with Crippen LogP contribution in [0, 0.1) is 0 Å².